The minimum atomic E-state index is -0.525. The van der Waals surface area contributed by atoms with Crippen LogP contribution in [0.1, 0.15) is 5.56 Å². The molecule has 1 rings (SSSR count). The van der Waals surface area contributed by atoms with Crippen molar-refractivity contribution in [1.82, 2.24) is 0 Å². The summed E-state index contributed by atoms with van der Waals surface area (Å²) < 4.78 is 0. The Balaban J connectivity index is 3.22. The first-order valence-corrected chi connectivity index (χ1v) is 4.04. The normalized spacial score (nSPS) is 10.4. The Morgan fingerprint density at radius 3 is 2.93 bits per heavy atom. The Morgan fingerprint density at radius 1 is 1.64 bits per heavy atom. The van der Waals surface area contributed by atoms with E-state index in [1.807, 2.05) is 0 Å². The van der Waals surface area contributed by atoms with E-state index in [-0.39, 0.29) is 16.3 Å². The SMILES string of the molecule is CO/N=C\c1c(Cl)cccc1[N+](=O)[O-]. The maximum atomic E-state index is 10.6. The fourth-order valence-corrected chi connectivity index (χ4v) is 1.14. The summed E-state index contributed by atoms with van der Waals surface area (Å²) in [5.74, 6) is 0. The fraction of sp³-hybridized carbons (Fsp3) is 0.125. The summed E-state index contributed by atoms with van der Waals surface area (Å²) in [5, 5.41) is 14.3. The maximum absolute atomic E-state index is 10.6. The first-order valence-electron chi connectivity index (χ1n) is 3.66. The van der Waals surface area contributed by atoms with Gasteiger partial charge >= 0.3 is 0 Å². The van der Waals surface area contributed by atoms with Crippen LogP contribution in [0.15, 0.2) is 23.4 Å². The third kappa shape index (κ3) is 2.20. The van der Waals surface area contributed by atoms with Crippen LogP contribution in [0.2, 0.25) is 5.02 Å². The highest BCUT2D eigenvalue weighted by atomic mass is 35.5. The van der Waals surface area contributed by atoms with Gasteiger partial charge in [-0.15, -0.1) is 0 Å². The zero-order valence-corrected chi connectivity index (χ0v) is 8.06. The van der Waals surface area contributed by atoms with Gasteiger partial charge in [-0.05, 0) is 6.07 Å². The van der Waals surface area contributed by atoms with E-state index in [9.17, 15) is 10.1 Å². The van der Waals surface area contributed by atoms with E-state index >= 15 is 0 Å². The Morgan fingerprint density at radius 2 is 2.36 bits per heavy atom. The summed E-state index contributed by atoms with van der Waals surface area (Å²) >= 11 is 5.76. The van der Waals surface area contributed by atoms with E-state index in [1.165, 1.54) is 25.5 Å². The Bertz CT molecular complexity index is 379. The lowest BCUT2D eigenvalue weighted by Gasteiger charge is -1.98. The topological polar surface area (TPSA) is 64.7 Å². The molecule has 0 heterocycles. The highest BCUT2D eigenvalue weighted by Gasteiger charge is 2.14. The molecule has 0 saturated heterocycles. The first-order chi connectivity index (χ1) is 6.66. The predicted molar refractivity (Wildman–Crippen MR) is 52.7 cm³/mol. The highest BCUT2D eigenvalue weighted by Crippen LogP contribution is 2.24. The minimum Gasteiger partial charge on any atom is -0.399 e. The standard InChI is InChI=1S/C8H7ClN2O3/c1-14-10-5-6-7(9)3-2-4-8(6)11(12)13/h2-5H,1H3/b10-5-. The molecule has 0 amide bonds. The molecule has 0 aliphatic carbocycles. The molecule has 0 unspecified atom stereocenters. The largest absolute Gasteiger partial charge is 0.399 e. The van der Waals surface area contributed by atoms with Gasteiger partial charge in [-0.3, -0.25) is 10.1 Å². The van der Waals surface area contributed by atoms with Crippen LogP contribution in [0.25, 0.3) is 0 Å². The van der Waals surface area contributed by atoms with Crippen LogP contribution in [0.5, 0.6) is 0 Å². The number of benzene rings is 1. The minimum absolute atomic E-state index is 0.0988. The molecule has 0 fully saturated rings. The number of nitro groups is 1. The third-order valence-electron chi connectivity index (χ3n) is 1.51. The molecule has 0 radical (unpaired) electrons. The third-order valence-corrected chi connectivity index (χ3v) is 1.84. The summed E-state index contributed by atoms with van der Waals surface area (Å²) in [7, 11) is 1.35. The van der Waals surface area contributed by atoms with Gasteiger partial charge in [-0.2, -0.15) is 0 Å². The number of rotatable bonds is 3. The summed E-state index contributed by atoms with van der Waals surface area (Å²) in [6.45, 7) is 0. The van der Waals surface area contributed by atoms with E-state index < -0.39 is 4.92 Å². The van der Waals surface area contributed by atoms with Gasteiger partial charge in [0.15, 0.2) is 0 Å². The maximum Gasteiger partial charge on any atom is 0.279 e. The molecule has 0 bridgehead atoms. The van der Waals surface area contributed by atoms with Crippen molar-refractivity contribution in [3.63, 3.8) is 0 Å². The zero-order valence-electron chi connectivity index (χ0n) is 7.31. The van der Waals surface area contributed by atoms with Crippen molar-refractivity contribution < 1.29 is 9.76 Å². The predicted octanol–water partition coefficient (Wildman–Crippen LogP) is 2.23. The van der Waals surface area contributed by atoms with Gasteiger partial charge < -0.3 is 4.84 Å². The number of hydrogen-bond acceptors (Lipinski definition) is 4. The molecule has 0 aromatic heterocycles. The Kier molecular flexibility index (Phi) is 3.41. The Labute approximate surface area is 85.1 Å². The smallest absolute Gasteiger partial charge is 0.279 e. The second kappa shape index (κ2) is 4.57. The molecular formula is C8H7ClN2O3. The second-order valence-electron chi connectivity index (χ2n) is 2.35. The summed E-state index contributed by atoms with van der Waals surface area (Å²) in [5.41, 5.74) is 0.138. The van der Waals surface area contributed by atoms with Crippen LogP contribution >= 0.6 is 11.6 Å². The van der Waals surface area contributed by atoms with Crippen molar-refractivity contribution in [2.24, 2.45) is 5.16 Å². The quantitative estimate of drug-likeness (QED) is 0.440. The summed E-state index contributed by atoms with van der Waals surface area (Å²) in [6.07, 6.45) is 1.21. The molecule has 0 aliphatic heterocycles. The highest BCUT2D eigenvalue weighted by molar-refractivity contribution is 6.33. The van der Waals surface area contributed by atoms with Crippen molar-refractivity contribution in [1.29, 1.82) is 0 Å². The molecular weight excluding hydrogens is 208 g/mol. The van der Waals surface area contributed by atoms with Crippen molar-refractivity contribution >= 4 is 23.5 Å². The Hall–Kier alpha value is -1.62. The number of halogens is 1. The van der Waals surface area contributed by atoms with Crippen molar-refractivity contribution in [2.75, 3.05) is 7.11 Å². The molecule has 0 atom stereocenters. The zero-order chi connectivity index (χ0) is 10.6. The average Bonchev–Trinajstić information content (AvgIpc) is 2.15. The molecule has 74 valence electrons. The van der Waals surface area contributed by atoms with Crippen LogP contribution < -0.4 is 0 Å². The molecule has 1 aromatic carbocycles. The summed E-state index contributed by atoms with van der Waals surface area (Å²) in [4.78, 5) is 14.5. The van der Waals surface area contributed by atoms with E-state index in [2.05, 4.69) is 9.99 Å². The molecule has 14 heavy (non-hydrogen) atoms. The van der Waals surface area contributed by atoms with Crippen molar-refractivity contribution in [3.05, 3.63) is 38.9 Å². The fourth-order valence-electron chi connectivity index (χ4n) is 0.918. The first kappa shape index (κ1) is 10.5. The number of nitrogens with zero attached hydrogens (tertiary/aromatic N) is 2. The molecule has 0 N–H and O–H groups in total. The van der Waals surface area contributed by atoms with Crippen LogP contribution in [-0.4, -0.2) is 18.2 Å². The van der Waals surface area contributed by atoms with Gasteiger partial charge in [0.2, 0.25) is 0 Å². The van der Waals surface area contributed by atoms with Gasteiger partial charge in [0, 0.05) is 6.07 Å². The summed E-state index contributed by atoms with van der Waals surface area (Å²) in [6, 6.07) is 4.40. The van der Waals surface area contributed by atoms with Crippen LogP contribution in [0.4, 0.5) is 5.69 Å². The molecule has 5 nitrogen and oxygen atoms in total. The van der Waals surface area contributed by atoms with Crippen molar-refractivity contribution in [3.8, 4) is 0 Å². The lowest BCUT2D eigenvalue weighted by Crippen LogP contribution is -1.95. The van der Waals surface area contributed by atoms with E-state index in [0.29, 0.717) is 0 Å². The monoisotopic (exact) mass is 214 g/mol. The number of oxime groups is 1. The van der Waals surface area contributed by atoms with E-state index in [1.54, 1.807) is 6.07 Å². The average molecular weight is 215 g/mol. The molecule has 0 aliphatic rings. The van der Waals surface area contributed by atoms with Crippen LogP contribution in [-0.2, 0) is 4.84 Å². The van der Waals surface area contributed by atoms with E-state index in [0.717, 1.165) is 0 Å². The number of nitro benzene ring substituents is 1. The number of hydrogen-bond donors (Lipinski definition) is 0. The van der Waals surface area contributed by atoms with Gasteiger partial charge in [0.1, 0.15) is 7.11 Å². The molecule has 1 aromatic rings. The van der Waals surface area contributed by atoms with Gasteiger partial charge in [0.25, 0.3) is 5.69 Å². The second-order valence-corrected chi connectivity index (χ2v) is 2.75. The van der Waals surface area contributed by atoms with Crippen molar-refractivity contribution in [2.45, 2.75) is 0 Å². The van der Waals surface area contributed by atoms with Crippen LogP contribution in [0.3, 0.4) is 0 Å². The lowest BCUT2D eigenvalue weighted by atomic mass is 10.2. The molecule has 0 saturated carbocycles. The molecule has 6 heteroatoms. The van der Waals surface area contributed by atoms with Gasteiger partial charge in [0.05, 0.1) is 21.7 Å². The van der Waals surface area contributed by atoms with Gasteiger partial charge in [-0.25, -0.2) is 0 Å². The molecule has 0 spiro atoms. The lowest BCUT2D eigenvalue weighted by molar-refractivity contribution is -0.385. The van der Waals surface area contributed by atoms with Gasteiger partial charge in [-0.1, -0.05) is 22.8 Å². The van der Waals surface area contributed by atoms with Crippen LogP contribution in [0, 0.1) is 10.1 Å². The van der Waals surface area contributed by atoms with E-state index in [4.69, 9.17) is 11.6 Å².